The predicted octanol–water partition coefficient (Wildman–Crippen LogP) is 4.77. The minimum absolute atomic E-state index is 0.143. The van der Waals surface area contributed by atoms with E-state index in [4.69, 9.17) is 44.3 Å². The third-order valence-corrected chi connectivity index (χ3v) is 4.85. The minimum Gasteiger partial charge on any atom is -0.493 e. The van der Waals surface area contributed by atoms with Gasteiger partial charge in [0.2, 0.25) is 11.8 Å². The Morgan fingerprint density at radius 3 is 2.38 bits per heavy atom. The van der Waals surface area contributed by atoms with Gasteiger partial charge in [0.1, 0.15) is 0 Å². The lowest BCUT2D eigenvalue weighted by Gasteiger charge is -2.15. The summed E-state index contributed by atoms with van der Waals surface area (Å²) in [7, 11) is 4.50. The van der Waals surface area contributed by atoms with Crippen LogP contribution in [0.25, 0.3) is 6.08 Å². The first kappa shape index (κ1) is 22.9. The van der Waals surface area contributed by atoms with Crippen LogP contribution in [0.5, 0.6) is 11.5 Å². The van der Waals surface area contributed by atoms with E-state index in [0.29, 0.717) is 37.8 Å². The largest absolute Gasteiger partial charge is 0.493 e. The van der Waals surface area contributed by atoms with Crippen molar-refractivity contribution in [2.45, 2.75) is 0 Å². The lowest BCUT2D eigenvalue weighted by atomic mass is 10.2. The van der Waals surface area contributed by atoms with Crippen molar-refractivity contribution in [1.29, 1.82) is 0 Å². The third kappa shape index (κ3) is 6.29. The Balaban J connectivity index is 2.00. The van der Waals surface area contributed by atoms with E-state index in [2.05, 4.69) is 5.32 Å². The van der Waals surface area contributed by atoms with Gasteiger partial charge in [0.05, 0.1) is 35.8 Å². The molecule has 2 aromatic carbocycles. The van der Waals surface area contributed by atoms with E-state index in [0.717, 1.165) is 0 Å². The molecule has 6 nitrogen and oxygen atoms in total. The Morgan fingerprint density at radius 2 is 1.76 bits per heavy atom. The van der Waals surface area contributed by atoms with Gasteiger partial charge in [-0.15, -0.1) is 0 Å². The molecule has 9 heteroatoms. The Bertz CT molecular complexity index is 948. The first-order chi connectivity index (χ1) is 13.7. The molecule has 2 rings (SSSR count). The highest BCUT2D eigenvalue weighted by molar-refractivity contribution is 6.42. The van der Waals surface area contributed by atoms with E-state index < -0.39 is 0 Å². The van der Waals surface area contributed by atoms with Crippen LogP contribution in [0.4, 0.5) is 5.69 Å². The normalized spacial score (nSPS) is 10.7. The molecule has 154 valence electrons. The number of halogens is 3. The number of carbonyl (C=O) groups is 2. The fourth-order valence-electron chi connectivity index (χ4n) is 2.40. The summed E-state index contributed by atoms with van der Waals surface area (Å²) in [5.41, 5.74) is 1.13. The molecule has 0 radical (unpaired) electrons. The van der Waals surface area contributed by atoms with Gasteiger partial charge in [0.25, 0.3) is 0 Å². The maximum atomic E-state index is 12.3. The molecule has 0 aliphatic heterocycles. The SMILES string of the molecule is COc1cc(/C=C/C(=O)N(C)CC(=O)Nc2ccc(Cl)c(Cl)c2)cc(Cl)c1OC. The number of hydrogen-bond donors (Lipinski definition) is 1. The molecule has 0 saturated heterocycles. The van der Waals surface area contributed by atoms with Gasteiger partial charge in [-0.2, -0.15) is 0 Å². The van der Waals surface area contributed by atoms with E-state index in [9.17, 15) is 9.59 Å². The molecule has 2 amide bonds. The van der Waals surface area contributed by atoms with E-state index in [1.807, 2.05) is 0 Å². The maximum absolute atomic E-state index is 12.3. The highest BCUT2D eigenvalue weighted by atomic mass is 35.5. The van der Waals surface area contributed by atoms with Crippen LogP contribution >= 0.6 is 34.8 Å². The molecule has 0 heterocycles. The van der Waals surface area contributed by atoms with Crippen molar-refractivity contribution >= 4 is 58.4 Å². The fraction of sp³-hybridized carbons (Fsp3) is 0.200. The number of ether oxygens (including phenoxy) is 2. The van der Waals surface area contributed by atoms with Crippen LogP contribution in [0.1, 0.15) is 5.56 Å². The van der Waals surface area contributed by atoms with Crippen LogP contribution in [0.3, 0.4) is 0 Å². The van der Waals surface area contributed by atoms with Gasteiger partial charge < -0.3 is 19.7 Å². The molecular formula is C20H19Cl3N2O4. The lowest BCUT2D eigenvalue weighted by molar-refractivity contribution is -0.129. The van der Waals surface area contributed by atoms with E-state index >= 15 is 0 Å². The quantitative estimate of drug-likeness (QED) is 0.608. The van der Waals surface area contributed by atoms with Crippen LogP contribution in [-0.4, -0.2) is 44.5 Å². The summed E-state index contributed by atoms with van der Waals surface area (Å²) in [6.07, 6.45) is 2.91. The second-order valence-corrected chi connectivity index (χ2v) is 7.16. The highest BCUT2D eigenvalue weighted by Gasteiger charge is 2.13. The molecule has 0 spiro atoms. The van der Waals surface area contributed by atoms with Crippen molar-refractivity contribution in [3.05, 3.63) is 57.0 Å². The zero-order valence-electron chi connectivity index (χ0n) is 16.0. The van der Waals surface area contributed by atoms with Gasteiger partial charge in [-0.25, -0.2) is 0 Å². The molecule has 0 aliphatic rings. The van der Waals surface area contributed by atoms with Gasteiger partial charge in [-0.3, -0.25) is 9.59 Å². The summed E-state index contributed by atoms with van der Waals surface area (Å²) < 4.78 is 10.4. The molecule has 0 unspecified atom stereocenters. The summed E-state index contributed by atoms with van der Waals surface area (Å²) in [6, 6.07) is 8.06. The highest BCUT2D eigenvalue weighted by Crippen LogP contribution is 2.36. The molecule has 0 atom stereocenters. The first-order valence-electron chi connectivity index (χ1n) is 8.34. The summed E-state index contributed by atoms with van der Waals surface area (Å²) >= 11 is 17.9. The number of amides is 2. The third-order valence-electron chi connectivity index (χ3n) is 3.83. The molecule has 1 N–H and O–H groups in total. The fourth-order valence-corrected chi connectivity index (χ4v) is 2.99. The van der Waals surface area contributed by atoms with Crippen molar-refractivity contribution in [2.75, 3.05) is 33.1 Å². The second-order valence-electron chi connectivity index (χ2n) is 5.94. The zero-order valence-corrected chi connectivity index (χ0v) is 18.2. The Labute approximate surface area is 183 Å². The molecule has 0 bridgehead atoms. The Kier molecular flexibility index (Phi) is 8.20. The minimum atomic E-state index is -0.373. The summed E-state index contributed by atoms with van der Waals surface area (Å²) in [6.45, 7) is -0.143. The number of rotatable bonds is 7. The van der Waals surface area contributed by atoms with Gasteiger partial charge >= 0.3 is 0 Å². The molecule has 29 heavy (non-hydrogen) atoms. The van der Waals surface area contributed by atoms with Crippen molar-refractivity contribution in [3.8, 4) is 11.5 Å². The van der Waals surface area contributed by atoms with Gasteiger partial charge in [0.15, 0.2) is 11.5 Å². The summed E-state index contributed by atoms with van der Waals surface area (Å²) in [5.74, 6) is 0.122. The van der Waals surface area contributed by atoms with E-state index in [1.165, 1.54) is 38.3 Å². The Morgan fingerprint density at radius 1 is 1.03 bits per heavy atom. The lowest BCUT2D eigenvalue weighted by Crippen LogP contribution is -2.33. The number of methoxy groups -OCH3 is 2. The molecule has 0 saturated carbocycles. The van der Waals surface area contributed by atoms with E-state index in [-0.39, 0.29) is 18.4 Å². The predicted molar refractivity (Wildman–Crippen MR) is 116 cm³/mol. The molecule has 0 aromatic heterocycles. The van der Waals surface area contributed by atoms with Gasteiger partial charge in [-0.05, 0) is 42.0 Å². The first-order valence-corrected chi connectivity index (χ1v) is 9.48. The number of anilines is 1. The number of nitrogens with one attached hydrogen (secondary N) is 1. The average Bonchev–Trinajstić information content (AvgIpc) is 2.68. The van der Waals surface area contributed by atoms with Crippen LogP contribution in [-0.2, 0) is 9.59 Å². The van der Waals surface area contributed by atoms with Gasteiger partial charge in [0, 0.05) is 18.8 Å². The molecule has 0 fully saturated rings. The smallest absolute Gasteiger partial charge is 0.246 e. The van der Waals surface area contributed by atoms with Crippen molar-refractivity contribution in [2.24, 2.45) is 0 Å². The Hall–Kier alpha value is -2.41. The van der Waals surface area contributed by atoms with Crippen LogP contribution < -0.4 is 14.8 Å². The van der Waals surface area contributed by atoms with Crippen LogP contribution in [0.15, 0.2) is 36.4 Å². The molecule has 0 aliphatic carbocycles. The number of hydrogen-bond acceptors (Lipinski definition) is 4. The van der Waals surface area contributed by atoms with Crippen LogP contribution in [0, 0.1) is 0 Å². The molecular weight excluding hydrogens is 439 g/mol. The maximum Gasteiger partial charge on any atom is 0.246 e. The number of benzene rings is 2. The van der Waals surface area contributed by atoms with Crippen molar-refractivity contribution in [3.63, 3.8) is 0 Å². The second kappa shape index (κ2) is 10.4. The standard InChI is InChI=1S/C20H19Cl3N2O4/c1-25(11-18(26)24-13-5-6-14(21)15(22)10-13)19(27)7-4-12-8-16(23)20(29-3)17(9-12)28-2/h4-10H,11H2,1-3H3,(H,24,26)/b7-4+. The van der Waals surface area contributed by atoms with Gasteiger partial charge in [-0.1, -0.05) is 34.8 Å². The monoisotopic (exact) mass is 456 g/mol. The summed E-state index contributed by atoms with van der Waals surface area (Å²) in [4.78, 5) is 25.7. The van der Waals surface area contributed by atoms with Crippen molar-refractivity contribution in [1.82, 2.24) is 4.90 Å². The molecule has 2 aromatic rings. The zero-order chi connectivity index (χ0) is 21.6. The number of likely N-dealkylation sites (N-methyl/N-ethyl adjacent to an activating group) is 1. The summed E-state index contributed by atoms with van der Waals surface area (Å²) in [5, 5.41) is 3.72. The number of nitrogens with zero attached hydrogens (tertiary/aromatic N) is 1. The van der Waals surface area contributed by atoms with Crippen molar-refractivity contribution < 1.29 is 19.1 Å². The number of carbonyl (C=O) groups excluding carboxylic acids is 2. The topological polar surface area (TPSA) is 67.9 Å². The van der Waals surface area contributed by atoms with E-state index in [1.54, 1.807) is 30.3 Å². The van der Waals surface area contributed by atoms with Crippen LogP contribution in [0.2, 0.25) is 15.1 Å². The average molecular weight is 458 g/mol.